The minimum Gasteiger partial charge on any atom is -0.478 e. The van der Waals surface area contributed by atoms with Gasteiger partial charge in [0.1, 0.15) is 5.82 Å². The first-order valence-corrected chi connectivity index (χ1v) is 10.5. The van der Waals surface area contributed by atoms with Gasteiger partial charge < -0.3 is 19.7 Å². The van der Waals surface area contributed by atoms with Crippen LogP contribution in [0.1, 0.15) is 23.0 Å². The maximum Gasteiger partial charge on any atom is 0.337 e. The molecule has 1 unspecified atom stereocenters. The van der Waals surface area contributed by atoms with Gasteiger partial charge >= 0.3 is 5.97 Å². The third-order valence-electron chi connectivity index (χ3n) is 4.89. The zero-order valence-corrected chi connectivity index (χ0v) is 16.6. The van der Waals surface area contributed by atoms with Gasteiger partial charge in [-0.05, 0) is 31.4 Å². The van der Waals surface area contributed by atoms with E-state index in [4.69, 9.17) is 14.7 Å². The first-order valence-electron chi connectivity index (χ1n) is 9.13. The Kier molecular flexibility index (Phi) is 5.23. The third kappa shape index (κ3) is 3.57. The summed E-state index contributed by atoms with van der Waals surface area (Å²) in [6.45, 7) is 4.27. The summed E-state index contributed by atoms with van der Waals surface area (Å²) in [5.74, 6) is 1.33. The van der Waals surface area contributed by atoms with Crippen LogP contribution in [0.25, 0.3) is 22.3 Å². The van der Waals surface area contributed by atoms with Gasteiger partial charge in [-0.15, -0.1) is 0 Å². The lowest BCUT2D eigenvalue weighted by Crippen LogP contribution is -2.44. The first kappa shape index (κ1) is 18.8. The molecule has 3 heterocycles. The number of nitrogens with zero attached hydrogens (tertiary/aromatic N) is 3. The van der Waals surface area contributed by atoms with Crippen molar-refractivity contribution in [1.82, 2.24) is 15.0 Å². The molecule has 3 aromatic rings. The van der Waals surface area contributed by atoms with Crippen LogP contribution in [0.3, 0.4) is 0 Å². The molecule has 2 aromatic heterocycles. The number of carboxylic acid groups (broad SMARTS) is 1. The molecular formula is C20H22N4O3S. The van der Waals surface area contributed by atoms with Crippen LogP contribution in [0.2, 0.25) is 0 Å². The van der Waals surface area contributed by atoms with Crippen molar-refractivity contribution in [1.29, 1.82) is 0 Å². The molecule has 0 bridgehead atoms. The molecule has 1 aliphatic heterocycles. The van der Waals surface area contributed by atoms with Crippen molar-refractivity contribution in [3.8, 4) is 11.4 Å². The van der Waals surface area contributed by atoms with E-state index >= 15 is 0 Å². The maximum atomic E-state index is 11.5. The largest absolute Gasteiger partial charge is 0.478 e. The normalized spacial score (nSPS) is 17.2. The van der Waals surface area contributed by atoms with E-state index in [-0.39, 0.29) is 11.6 Å². The highest BCUT2D eigenvalue weighted by Gasteiger charge is 2.22. The minimum atomic E-state index is -0.955. The number of carboxylic acids is 1. The van der Waals surface area contributed by atoms with Crippen LogP contribution in [0.15, 0.2) is 30.5 Å². The van der Waals surface area contributed by atoms with Crippen molar-refractivity contribution in [2.24, 2.45) is 0 Å². The molecule has 1 aromatic carbocycles. The van der Waals surface area contributed by atoms with Crippen molar-refractivity contribution in [3.05, 3.63) is 41.7 Å². The van der Waals surface area contributed by atoms with Crippen molar-refractivity contribution in [2.75, 3.05) is 30.9 Å². The second-order valence-corrected chi connectivity index (χ2v) is 7.73. The van der Waals surface area contributed by atoms with Gasteiger partial charge in [0.25, 0.3) is 0 Å². The Labute approximate surface area is 167 Å². The average Bonchev–Trinajstić information content (AvgIpc) is 3.12. The van der Waals surface area contributed by atoms with E-state index in [1.54, 1.807) is 11.8 Å². The molecule has 1 saturated heterocycles. The van der Waals surface area contributed by atoms with E-state index in [1.807, 2.05) is 30.5 Å². The van der Waals surface area contributed by atoms with E-state index in [2.05, 4.69) is 16.8 Å². The van der Waals surface area contributed by atoms with Gasteiger partial charge in [-0.2, -0.15) is 11.8 Å². The highest BCUT2D eigenvalue weighted by molar-refractivity contribution is 7.97. The molecule has 1 atom stereocenters. The van der Waals surface area contributed by atoms with Crippen LogP contribution in [0, 0.1) is 0 Å². The number of ether oxygens (including phenoxy) is 1. The monoisotopic (exact) mass is 398 g/mol. The molecule has 2 N–H and O–H groups in total. The number of aromatic nitrogens is 3. The number of hydrogen-bond donors (Lipinski definition) is 2. The predicted molar refractivity (Wildman–Crippen MR) is 111 cm³/mol. The van der Waals surface area contributed by atoms with Crippen molar-refractivity contribution >= 4 is 34.5 Å². The van der Waals surface area contributed by atoms with Crippen LogP contribution in [0.4, 0.5) is 5.82 Å². The van der Waals surface area contributed by atoms with E-state index in [0.29, 0.717) is 24.4 Å². The fraction of sp³-hybridized carbons (Fsp3) is 0.350. The lowest BCUT2D eigenvalue weighted by molar-refractivity contribution is 0.0699. The van der Waals surface area contributed by atoms with E-state index in [1.165, 1.54) is 6.20 Å². The SMILES string of the molecule is CSCc1cc(N2CCOCC2C)nc(-c2ccc3[nH]cc(C(=O)O)c3c2)n1. The van der Waals surface area contributed by atoms with Crippen LogP contribution < -0.4 is 4.90 Å². The molecule has 0 radical (unpaired) electrons. The Balaban J connectivity index is 1.81. The summed E-state index contributed by atoms with van der Waals surface area (Å²) in [4.78, 5) is 26.3. The number of hydrogen-bond acceptors (Lipinski definition) is 6. The van der Waals surface area contributed by atoms with Gasteiger partial charge in [-0.25, -0.2) is 14.8 Å². The Morgan fingerprint density at radius 1 is 1.39 bits per heavy atom. The van der Waals surface area contributed by atoms with Crippen LogP contribution in [-0.2, 0) is 10.5 Å². The number of nitrogens with one attached hydrogen (secondary N) is 1. The summed E-state index contributed by atoms with van der Waals surface area (Å²) < 4.78 is 5.55. The molecule has 0 aliphatic carbocycles. The van der Waals surface area contributed by atoms with Crippen molar-refractivity contribution in [3.63, 3.8) is 0 Å². The van der Waals surface area contributed by atoms with Crippen LogP contribution >= 0.6 is 11.8 Å². The number of aromatic amines is 1. The number of rotatable bonds is 5. The smallest absolute Gasteiger partial charge is 0.337 e. The maximum absolute atomic E-state index is 11.5. The number of anilines is 1. The minimum absolute atomic E-state index is 0.240. The molecule has 8 heteroatoms. The summed E-state index contributed by atoms with van der Waals surface area (Å²) in [5, 5.41) is 10.1. The Hall–Kier alpha value is -2.58. The standard InChI is InChI=1S/C20H22N4O3S/c1-12-10-27-6-5-24(12)18-8-14(11-28-2)22-19(23-18)13-3-4-17-15(7-13)16(9-21-17)20(25)26/h3-4,7-9,12,21H,5-6,10-11H2,1-2H3,(H,25,26). The molecular weight excluding hydrogens is 376 g/mol. The third-order valence-corrected chi connectivity index (χ3v) is 5.47. The lowest BCUT2D eigenvalue weighted by atomic mass is 10.1. The van der Waals surface area contributed by atoms with E-state index in [9.17, 15) is 9.90 Å². The number of H-pyrrole nitrogens is 1. The second kappa shape index (κ2) is 7.81. The quantitative estimate of drug-likeness (QED) is 0.680. The average molecular weight is 398 g/mol. The summed E-state index contributed by atoms with van der Waals surface area (Å²) in [6, 6.07) is 7.93. The molecule has 0 saturated carbocycles. The summed E-state index contributed by atoms with van der Waals surface area (Å²) >= 11 is 1.71. The molecule has 1 fully saturated rings. The number of aromatic carboxylic acids is 1. The van der Waals surface area contributed by atoms with E-state index in [0.717, 1.165) is 34.9 Å². The zero-order valence-electron chi connectivity index (χ0n) is 15.8. The molecule has 7 nitrogen and oxygen atoms in total. The highest BCUT2D eigenvalue weighted by atomic mass is 32.2. The molecule has 28 heavy (non-hydrogen) atoms. The van der Waals surface area contributed by atoms with Gasteiger partial charge in [0, 0.05) is 41.0 Å². The summed E-state index contributed by atoms with van der Waals surface area (Å²) in [5.41, 5.74) is 2.79. The van der Waals surface area contributed by atoms with Gasteiger partial charge in [0.2, 0.25) is 0 Å². The Bertz CT molecular complexity index is 1020. The molecule has 4 rings (SSSR count). The topological polar surface area (TPSA) is 91.3 Å². The van der Waals surface area contributed by atoms with E-state index < -0.39 is 5.97 Å². The first-order chi connectivity index (χ1) is 13.6. The van der Waals surface area contributed by atoms with Gasteiger partial charge in [-0.3, -0.25) is 0 Å². The van der Waals surface area contributed by atoms with Gasteiger partial charge in [0.05, 0.1) is 30.5 Å². The molecule has 146 valence electrons. The predicted octanol–water partition coefficient (Wildman–Crippen LogP) is 3.41. The van der Waals surface area contributed by atoms with Gasteiger partial charge in [0.15, 0.2) is 5.82 Å². The molecule has 0 amide bonds. The Morgan fingerprint density at radius 2 is 2.25 bits per heavy atom. The van der Waals surface area contributed by atoms with Crippen molar-refractivity contribution < 1.29 is 14.6 Å². The fourth-order valence-corrected chi connectivity index (χ4v) is 3.93. The molecule has 0 spiro atoms. The fourth-order valence-electron chi connectivity index (χ4n) is 3.49. The number of carbonyl (C=O) groups is 1. The summed E-state index contributed by atoms with van der Waals surface area (Å²) in [7, 11) is 0. The molecule has 1 aliphatic rings. The highest BCUT2D eigenvalue weighted by Crippen LogP contribution is 2.28. The Morgan fingerprint density at radius 3 is 3.00 bits per heavy atom. The van der Waals surface area contributed by atoms with Crippen LogP contribution in [0.5, 0.6) is 0 Å². The lowest BCUT2D eigenvalue weighted by Gasteiger charge is -2.34. The van der Waals surface area contributed by atoms with Crippen molar-refractivity contribution in [2.45, 2.75) is 18.7 Å². The number of thioether (sulfide) groups is 1. The number of fused-ring (bicyclic) bond motifs is 1. The van der Waals surface area contributed by atoms with Gasteiger partial charge in [-0.1, -0.05) is 0 Å². The second-order valence-electron chi connectivity index (χ2n) is 6.86. The van der Waals surface area contributed by atoms with Crippen LogP contribution in [-0.4, -0.2) is 58.1 Å². The summed E-state index contributed by atoms with van der Waals surface area (Å²) in [6.07, 6.45) is 3.56. The number of morpholine rings is 1. The zero-order chi connectivity index (χ0) is 19.7. The number of benzene rings is 1.